The molecule has 2 unspecified atom stereocenters. The summed E-state index contributed by atoms with van der Waals surface area (Å²) in [7, 11) is 0. The maximum absolute atomic E-state index is 13.4. The van der Waals surface area contributed by atoms with Crippen molar-refractivity contribution in [2.45, 2.75) is 44.2 Å². The topological polar surface area (TPSA) is 117 Å². The van der Waals surface area contributed by atoms with Crippen LogP contribution in [0.5, 0.6) is 0 Å². The van der Waals surface area contributed by atoms with Crippen molar-refractivity contribution in [3.05, 3.63) is 35.8 Å². The fourth-order valence-corrected chi connectivity index (χ4v) is 4.73. The summed E-state index contributed by atoms with van der Waals surface area (Å²) in [6.07, 6.45) is 4.40. The lowest BCUT2D eigenvalue weighted by Gasteiger charge is -2.41. The summed E-state index contributed by atoms with van der Waals surface area (Å²) in [5.74, 6) is -3.94. The fourth-order valence-electron chi connectivity index (χ4n) is 4.73. The Kier molecular flexibility index (Phi) is 4.72. The third kappa shape index (κ3) is 3.61. The van der Waals surface area contributed by atoms with Crippen LogP contribution < -0.4 is 16.0 Å². The third-order valence-corrected chi connectivity index (χ3v) is 6.39. The highest BCUT2D eigenvalue weighted by Crippen LogP contribution is 2.51. The number of piperazine rings is 1. The second-order valence-corrected chi connectivity index (χ2v) is 8.67. The second kappa shape index (κ2) is 7.35. The maximum Gasteiger partial charge on any atom is 0.267 e. The molecule has 11 heteroatoms. The number of pyridine rings is 1. The standard InChI is InChI=1S/C21H23F2N7O2/c1-11-6-12(8-26-17(11)18(24)31)27-20-25-5-4-16(28-20)29-9-13-2-3-14(10-29)30(13)19(32)15-7-21(15,22)23/h4-6,8,13-15H,2-3,7,9-10H2,1H3,(H2,24,31)(H,25,27,28)/t13-,14?,15?/m0/s1. The van der Waals surface area contributed by atoms with E-state index in [9.17, 15) is 18.4 Å². The SMILES string of the molecule is Cc1cc(Nc2nccc(N3CC4CC[C@@H](C3)N4C(=O)C3CC3(F)F)n2)cnc1C(N)=O. The zero-order valence-corrected chi connectivity index (χ0v) is 17.5. The van der Waals surface area contributed by atoms with Crippen LogP contribution >= 0.6 is 0 Å². The maximum atomic E-state index is 13.4. The molecule has 1 saturated carbocycles. The zero-order chi connectivity index (χ0) is 22.6. The lowest BCUT2D eigenvalue weighted by Crippen LogP contribution is -2.56. The van der Waals surface area contributed by atoms with E-state index in [1.165, 1.54) is 6.20 Å². The Hall–Kier alpha value is -3.37. The molecule has 2 aromatic rings. The molecule has 3 N–H and O–H groups in total. The number of carbonyl (C=O) groups is 2. The Labute approximate surface area is 183 Å². The Balaban J connectivity index is 1.29. The van der Waals surface area contributed by atoms with E-state index >= 15 is 0 Å². The van der Waals surface area contributed by atoms with Crippen LogP contribution in [0, 0.1) is 12.8 Å². The summed E-state index contributed by atoms with van der Waals surface area (Å²) >= 11 is 0. The van der Waals surface area contributed by atoms with Gasteiger partial charge in [0.15, 0.2) is 0 Å². The number of aromatic nitrogens is 3. The molecular formula is C21H23F2N7O2. The van der Waals surface area contributed by atoms with E-state index in [1.807, 2.05) is 0 Å². The molecule has 2 aliphatic heterocycles. The average Bonchev–Trinajstić information content (AvgIpc) is 3.30. The van der Waals surface area contributed by atoms with Gasteiger partial charge in [0.05, 0.1) is 11.9 Å². The minimum absolute atomic E-state index is 0.0859. The van der Waals surface area contributed by atoms with Crippen molar-refractivity contribution in [2.24, 2.45) is 11.7 Å². The van der Waals surface area contributed by atoms with Gasteiger partial charge >= 0.3 is 0 Å². The molecular weight excluding hydrogens is 420 g/mol. The Morgan fingerprint density at radius 1 is 1.22 bits per heavy atom. The smallest absolute Gasteiger partial charge is 0.267 e. The van der Waals surface area contributed by atoms with Crippen LogP contribution in [0.2, 0.25) is 0 Å². The van der Waals surface area contributed by atoms with E-state index in [-0.39, 0.29) is 24.2 Å². The number of carbonyl (C=O) groups excluding carboxylic acids is 2. The predicted octanol–water partition coefficient (Wildman–Crippen LogP) is 1.86. The minimum Gasteiger partial charge on any atom is -0.364 e. The van der Waals surface area contributed by atoms with Crippen LogP contribution in [0.1, 0.15) is 35.3 Å². The molecule has 3 aliphatic rings. The summed E-state index contributed by atoms with van der Waals surface area (Å²) in [4.78, 5) is 40.6. The van der Waals surface area contributed by atoms with Gasteiger partial charge in [0.2, 0.25) is 11.9 Å². The van der Waals surface area contributed by atoms with Gasteiger partial charge in [0, 0.05) is 37.8 Å². The van der Waals surface area contributed by atoms with E-state index in [4.69, 9.17) is 5.73 Å². The number of hydrogen-bond donors (Lipinski definition) is 2. The van der Waals surface area contributed by atoms with Gasteiger partial charge in [-0.1, -0.05) is 0 Å². The highest BCUT2D eigenvalue weighted by Gasteiger charge is 2.64. The number of hydrogen-bond acceptors (Lipinski definition) is 7. The van der Waals surface area contributed by atoms with Crippen LogP contribution in [0.3, 0.4) is 0 Å². The Morgan fingerprint density at radius 3 is 2.50 bits per heavy atom. The zero-order valence-electron chi connectivity index (χ0n) is 17.5. The van der Waals surface area contributed by atoms with Crippen LogP contribution in [-0.4, -0.2) is 62.8 Å². The highest BCUT2D eigenvalue weighted by atomic mass is 19.3. The van der Waals surface area contributed by atoms with Gasteiger partial charge in [-0.3, -0.25) is 9.59 Å². The number of aryl methyl sites for hydroxylation is 1. The first-order valence-corrected chi connectivity index (χ1v) is 10.5. The van der Waals surface area contributed by atoms with Gasteiger partial charge in [-0.25, -0.2) is 18.7 Å². The first-order chi connectivity index (χ1) is 15.2. The first-order valence-electron chi connectivity index (χ1n) is 10.5. The molecule has 32 heavy (non-hydrogen) atoms. The van der Waals surface area contributed by atoms with E-state index in [1.54, 1.807) is 30.2 Å². The van der Waals surface area contributed by atoms with E-state index < -0.39 is 23.7 Å². The second-order valence-electron chi connectivity index (χ2n) is 8.67. The van der Waals surface area contributed by atoms with Crippen molar-refractivity contribution in [1.29, 1.82) is 0 Å². The molecule has 0 spiro atoms. The summed E-state index contributed by atoms with van der Waals surface area (Å²) in [6.45, 7) is 2.83. The molecule has 4 heterocycles. The van der Waals surface area contributed by atoms with E-state index in [0.29, 0.717) is 36.1 Å². The summed E-state index contributed by atoms with van der Waals surface area (Å²) in [5, 5.41) is 3.08. The number of fused-ring (bicyclic) bond motifs is 2. The van der Waals surface area contributed by atoms with Crippen molar-refractivity contribution in [2.75, 3.05) is 23.3 Å². The minimum atomic E-state index is -2.84. The lowest BCUT2D eigenvalue weighted by atomic mass is 10.1. The number of halogens is 2. The highest BCUT2D eigenvalue weighted by molar-refractivity contribution is 5.92. The van der Waals surface area contributed by atoms with Crippen LogP contribution in [0.4, 0.5) is 26.2 Å². The van der Waals surface area contributed by atoms with Crippen molar-refractivity contribution < 1.29 is 18.4 Å². The molecule has 2 bridgehead atoms. The molecule has 168 valence electrons. The van der Waals surface area contributed by atoms with E-state index in [2.05, 4.69) is 25.2 Å². The van der Waals surface area contributed by atoms with Gasteiger partial charge in [0.25, 0.3) is 11.8 Å². The Morgan fingerprint density at radius 2 is 1.91 bits per heavy atom. The number of anilines is 3. The van der Waals surface area contributed by atoms with Crippen LogP contribution in [0.15, 0.2) is 24.5 Å². The molecule has 0 radical (unpaired) electrons. The molecule has 2 amide bonds. The molecule has 3 fully saturated rings. The summed E-state index contributed by atoms with van der Waals surface area (Å²) in [5.41, 5.74) is 6.75. The Bertz CT molecular complexity index is 1080. The number of nitrogens with two attached hydrogens (primary N) is 1. The van der Waals surface area contributed by atoms with Crippen LogP contribution in [-0.2, 0) is 4.79 Å². The molecule has 2 aromatic heterocycles. The molecule has 9 nitrogen and oxygen atoms in total. The van der Waals surface area contributed by atoms with Crippen molar-refractivity contribution in [3.63, 3.8) is 0 Å². The average molecular weight is 443 g/mol. The lowest BCUT2D eigenvalue weighted by molar-refractivity contribution is -0.138. The van der Waals surface area contributed by atoms with Gasteiger partial charge in [0.1, 0.15) is 17.4 Å². The van der Waals surface area contributed by atoms with Gasteiger partial charge in [-0.15, -0.1) is 0 Å². The number of primary amides is 1. The fraction of sp³-hybridized carbons (Fsp3) is 0.476. The van der Waals surface area contributed by atoms with Crippen molar-refractivity contribution >= 4 is 29.3 Å². The van der Waals surface area contributed by atoms with Gasteiger partial charge in [-0.2, -0.15) is 4.98 Å². The number of rotatable bonds is 5. The van der Waals surface area contributed by atoms with Crippen LogP contribution in [0.25, 0.3) is 0 Å². The number of amides is 2. The van der Waals surface area contributed by atoms with Crippen molar-refractivity contribution in [3.8, 4) is 0 Å². The number of nitrogens with one attached hydrogen (secondary N) is 1. The van der Waals surface area contributed by atoms with Gasteiger partial charge in [-0.05, 0) is 37.5 Å². The third-order valence-electron chi connectivity index (χ3n) is 6.39. The number of alkyl halides is 2. The van der Waals surface area contributed by atoms with E-state index in [0.717, 1.165) is 12.8 Å². The molecule has 1 aliphatic carbocycles. The quantitative estimate of drug-likeness (QED) is 0.724. The van der Waals surface area contributed by atoms with Gasteiger partial charge < -0.3 is 20.9 Å². The summed E-state index contributed by atoms with van der Waals surface area (Å²) < 4.78 is 26.8. The molecule has 0 aromatic carbocycles. The monoisotopic (exact) mass is 443 g/mol. The largest absolute Gasteiger partial charge is 0.364 e. The normalized spacial score (nSPS) is 25.5. The molecule has 5 rings (SSSR count). The molecule has 3 atom stereocenters. The van der Waals surface area contributed by atoms with Crippen molar-refractivity contribution in [1.82, 2.24) is 19.9 Å². The first kappa shape index (κ1) is 20.5. The summed E-state index contributed by atoms with van der Waals surface area (Å²) in [6, 6.07) is 3.35. The number of nitrogens with zero attached hydrogens (tertiary/aromatic N) is 5. The predicted molar refractivity (Wildman–Crippen MR) is 112 cm³/mol. The molecule has 2 saturated heterocycles.